The van der Waals surface area contributed by atoms with Crippen LogP contribution < -0.4 is 20.7 Å². The largest absolute Gasteiger partial charge is 0.466 e. The smallest absolute Gasteiger partial charge is 0.431 e. The molecule has 0 aliphatic rings. The highest BCUT2D eigenvalue weighted by Crippen LogP contribution is 2.32. The van der Waals surface area contributed by atoms with Gasteiger partial charge in [-0.1, -0.05) is 11.6 Å². The Morgan fingerprint density at radius 3 is 2.56 bits per heavy atom. The van der Waals surface area contributed by atoms with Crippen molar-refractivity contribution in [1.29, 1.82) is 0 Å². The van der Waals surface area contributed by atoms with Crippen molar-refractivity contribution in [3.63, 3.8) is 0 Å². The van der Waals surface area contributed by atoms with Gasteiger partial charge in [0.15, 0.2) is 12.4 Å². The van der Waals surface area contributed by atoms with E-state index in [0.717, 1.165) is 20.2 Å². The lowest BCUT2D eigenvalue weighted by Crippen LogP contribution is -2.41. The minimum Gasteiger partial charge on any atom is -0.466 e. The maximum absolute atomic E-state index is 14.6. The number of hydrogen-bond donors (Lipinski definition) is 0. The molecule has 0 aliphatic heterocycles. The molecule has 3 rings (SSSR count). The van der Waals surface area contributed by atoms with E-state index in [9.17, 15) is 31.9 Å². The molecule has 0 fully saturated rings. The van der Waals surface area contributed by atoms with Crippen LogP contribution in [0.3, 0.4) is 0 Å². The molecule has 2 heterocycles. The van der Waals surface area contributed by atoms with Gasteiger partial charge in [-0.3, -0.25) is 9.36 Å². The molecule has 3 aromatic rings. The van der Waals surface area contributed by atoms with Crippen molar-refractivity contribution in [2.24, 2.45) is 7.05 Å². The molecule has 0 bridgehead atoms. The normalized spacial score (nSPS) is 11.3. The number of esters is 1. The summed E-state index contributed by atoms with van der Waals surface area (Å²) < 4.78 is 69.0. The van der Waals surface area contributed by atoms with E-state index in [1.807, 2.05) is 0 Å². The van der Waals surface area contributed by atoms with E-state index in [4.69, 9.17) is 21.1 Å². The fourth-order valence-electron chi connectivity index (χ4n) is 2.63. The molecule has 2 aromatic heterocycles. The molecule has 0 unspecified atom stereocenters. The average molecular weight is 505 g/mol. The highest BCUT2D eigenvalue weighted by Gasteiger charge is 2.35. The maximum atomic E-state index is 14.6. The fraction of sp³-hybridized carbons (Fsp3) is 0.211. The predicted molar refractivity (Wildman–Crippen MR) is 107 cm³/mol. The average Bonchev–Trinajstić information content (AvgIpc) is 2.77. The van der Waals surface area contributed by atoms with E-state index in [0.29, 0.717) is 6.07 Å². The topological polar surface area (TPSA) is 115 Å². The summed E-state index contributed by atoms with van der Waals surface area (Å²) in [6.45, 7) is -0.464. The van der Waals surface area contributed by atoms with Gasteiger partial charge in [-0.2, -0.15) is 18.2 Å². The molecule has 0 radical (unpaired) electrons. The van der Waals surface area contributed by atoms with Crippen molar-refractivity contribution in [2.75, 3.05) is 13.7 Å². The van der Waals surface area contributed by atoms with Gasteiger partial charge in [0.25, 0.3) is 5.56 Å². The summed E-state index contributed by atoms with van der Waals surface area (Å²) >= 11 is 5.96. The summed E-state index contributed by atoms with van der Waals surface area (Å²) in [5, 5.41) is -0.331. The summed E-state index contributed by atoms with van der Waals surface area (Å²) in [5.41, 5.74) is -5.13. The van der Waals surface area contributed by atoms with Gasteiger partial charge in [-0.25, -0.2) is 23.5 Å². The lowest BCUT2D eigenvalue weighted by molar-refractivity contribution is -0.144. The van der Waals surface area contributed by atoms with E-state index in [2.05, 4.69) is 14.7 Å². The second kappa shape index (κ2) is 9.51. The SMILES string of the molecule is COC(=O)COc1ccnc(Oc2cc(-n3c(=O)cc(C(F)(F)F)n(C)c3=O)c(F)cc2Cl)n1. The van der Waals surface area contributed by atoms with Crippen LogP contribution in [-0.2, 0) is 22.8 Å². The van der Waals surface area contributed by atoms with Crippen LogP contribution in [0.15, 0.2) is 40.1 Å². The van der Waals surface area contributed by atoms with Crippen LogP contribution in [0, 0.1) is 5.82 Å². The second-order valence-corrected chi connectivity index (χ2v) is 6.83. The monoisotopic (exact) mass is 504 g/mol. The molecule has 0 spiro atoms. The number of carbonyl (C=O) groups excluding carboxylic acids is 1. The van der Waals surface area contributed by atoms with Crippen LogP contribution in [0.5, 0.6) is 17.6 Å². The zero-order chi connectivity index (χ0) is 25.2. The van der Waals surface area contributed by atoms with Crippen molar-refractivity contribution in [2.45, 2.75) is 6.18 Å². The van der Waals surface area contributed by atoms with Gasteiger partial charge in [0.05, 0.1) is 17.8 Å². The molecule has 1 aromatic carbocycles. The summed E-state index contributed by atoms with van der Waals surface area (Å²) in [7, 11) is 1.93. The zero-order valence-corrected chi connectivity index (χ0v) is 18.0. The Morgan fingerprint density at radius 1 is 1.21 bits per heavy atom. The van der Waals surface area contributed by atoms with Crippen molar-refractivity contribution < 1.29 is 36.6 Å². The number of nitrogens with zero attached hydrogens (tertiary/aromatic N) is 4. The van der Waals surface area contributed by atoms with Gasteiger partial charge in [0.2, 0.25) is 5.88 Å². The van der Waals surface area contributed by atoms with Gasteiger partial charge in [0.1, 0.15) is 11.5 Å². The maximum Gasteiger partial charge on any atom is 0.431 e. The Balaban J connectivity index is 2.02. The Hall–Kier alpha value is -3.94. The van der Waals surface area contributed by atoms with E-state index in [1.165, 1.54) is 12.3 Å². The molecule has 15 heteroatoms. The van der Waals surface area contributed by atoms with Crippen LogP contribution >= 0.6 is 11.6 Å². The molecule has 0 amide bonds. The van der Waals surface area contributed by atoms with E-state index < -0.39 is 47.2 Å². The van der Waals surface area contributed by atoms with Crippen molar-refractivity contribution >= 4 is 17.6 Å². The minimum atomic E-state index is -4.99. The summed E-state index contributed by atoms with van der Waals surface area (Å²) in [4.78, 5) is 43.6. The molecular weight excluding hydrogens is 492 g/mol. The van der Waals surface area contributed by atoms with E-state index >= 15 is 0 Å². The first-order valence-electron chi connectivity index (χ1n) is 9.02. The standard InChI is InChI=1S/C19H13ClF4N4O6/c1-27-13(19(22,23)24)7-15(29)28(18(27)31)11-6-12(9(20)5-10(11)21)34-17-25-4-3-14(26-17)33-8-16(30)32-2/h3-7H,8H2,1-2H3. The Morgan fingerprint density at radius 2 is 1.91 bits per heavy atom. The molecule has 180 valence electrons. The lowest BCUT2D eigenvalue weighted by Gasteiger charge is -2.15. The molecule has 0 atom stereocenters. The molecule has 0 saturated carbocycles. The first kappa shape index (κ1) is 24.7. The van der Waals surface area contributed by atoms with Crippen molar-refractivity contribution in [1.82, 2.24) is 19.1 Å². The summed E-state index contributed by atoms with van der Waals surface area (Å²) in [6.07, 6.45) is -3.79. The Bertz CT molecular complexity index is 1370. The second-order valence-electron chi connectivity index (χ2n) is 6.42. The third-order valence-corrected chi connectivity index (χ3v) is 4.52. The summed E-state index contributed by atoms with van der Waals surface area (Å²) in [5.74, 6) is -2.30. The van der Waals surface area contributed by atoms with Crippen LogP contribution in [0.4, 0.5) is 17.6 Å². The molecule has 0 saturated heterocycles. The number of hydrogen-bond acceptors (Lipinski definition) is 8. The molecule has 34 heavy (non-hydrogen) atoms. The molecular formula is C19H13ClF4N4O6. The molecule has 0 aliphatic carbocycles. The third kappa shape index (κ3) is 5.17. The van der Waals surface area contributed by atoms with Gasteiger partial charge < -0.3 is 14.2 Å². The first-order valence-corrected chi connectivity index (χ1v) is 9.40. The van der Waals surface area contributed by atoms with Gasteiger partial charge >= 0.3 is 23.8 Å². The summed E-state index contributed by atoms with van der Waals surface area (Å²) in [6, 6.07) is 2.57. The number of benzene rings is 1. The number of ether oxygens (including phenoxy) is 3. The number of carbonyl (C=O) groups is 1. The van der Waals surface area contributed by atoms with Crippen LogP contribution in [0.2, 0.25) is 5.02 Å². The fourth-order valence-corrected chi connectivity index (χ4v) is 2.82. The van der Waals surface area contributed by atoms with Crippen LogP contribution in [0.1, 0.15) is 5.69 Å². The molecule has 0 N–H and O–H groups in total. The number of halogens is 5. The molecule has 10 nitrogen and oxygen atoms in total. The number of rotatable bonds is 6. The first-order chi connectivity index (χ1) is 15.9. The lowest BCUT2D eigenvalue weighted by atomic mass is 10.2. The highest BCUT2D eigenvalue weighted by atomic mass is 35.5. The Labute approximate surface area is 191 Å². The number of methoxy groups -OCH3 is 1. The third-order valence-electron chi connectivity index (χ3n) is 4.23. The minimum absolute atomic E-state index is 0.0957. The van der Waals surface area contributed by atoms with E-state index in [-0.39, 0.29) is 37.9 Å². The highest BCUT2D eigenvalue weighted by molar-refractivity contribution is 6.32. The van der Waals surface area contributed by atoms with Crippen LogP contribution in [-0.4, -0.2) is 38.8 Å². The van der Waals surface area contributed by atoms with Crippen molar-refractivity contribution in [3.05, 3.63) is 67.8 Å². The van der Waals surface area contributed by atoms with E-state index in [1.54, 1.807) is 0 Å². The predicted octanol–water partition coefficient (Wildman–Crippen LogP) is 2.48. The number of aromatic nitrogens is 4. The number of alkyl halides is 3. The quantitative estimate of drug-likeness (QED) is 0.371. The van der Waals surface area contributed by atoms with Gasteiger partial charge in [-0.15, -0.1) is 0 Å². The van der Waals surface area contributed by atoms with Crippen molar-refractivity contribution in [3.8, 4) is 23.3 Å². The Kier molecular flexibility index (Phi) is 6.91. The van der Waals surface area contributed by atoms with Gasteiger partial charge in [0, 0.05) is 31.4 Å². The van der Waals surface area contributed by atoms with Gasteiger partial charge in [-0.05, 0) is 6.07 Å². The van der Waals surface area contributed by atoms with Crippen LogP contribution in [0.25, 0.3) is 5.69 Å². The zero-order valence-electron chi connectivity index (χ0n) is 17.2.